The average Bonchev–Trinajstić information content (AvgIpc) is 2.71. The van der Waals surface area contributed by atoms with E-state index < -0.39 is 11.9 Å². The van der Waals surface area contributed by atoms with E-state index in [1.807, 2.05) is 0 Å². The largest absolute Gasteiger partial charge is 2.00 e. The van der Waals surface area contributed by atoms with Crippen molar-refractivity contribution in [3.8, 4) is 0 Å². The molecule has 0 saturated carbocycles. The van der Waals surface area contributed by atoms with Crippen LogP contribution in [0.2, 0.25) is 0 Å². The van der Waals surface area contributed by atoms with Gasteiger partial charge in [-0.3, -0.25) is 0 Å². The van der Waals surface area contributed by atoms with Crippen molar-refractivity contribution in [2.45, 2.75) is 129 Å². The normalized spacial score (nSPS) is 10.6. The first kappa shape index (κ1) is 34.7. The number of rotatable bonds is 20. The molecule has 0 aliphatic rings. The molecule has 31 heavy (non-hydrogen) atoms. The zero-order valence-electron chi connectivity index (χ0n) is 20.4. The van der Waals surface area contributed by atoms with Gasteiger partial charge in [0, 0.05) is 11.9 Å². The molecule has 0 aromatic rings. The van der Waals surface area contributed by atoms with Crippen molar-refractivity contribution in [2.24, 2.45) is 0 Å². The van der Waals surface area contributed by atoms with E-state index in [1.54, 1.807) is 0 Å². The zero-order chi connectivity index (χ0) is 22.7. The van der Waals surface area contributed by atoms with Crippen LogP contribution >= 0.6 is 0 Å². The van der Waals surface area contributed by atoms with Crippen molar-refractivity contribution in [3.05, 3.63) is 24.3 Å². The molecule has 0 aliphatic carbocycles. The van der Waals surface area contributed by atoms with Gasteiger partial charge in [-0.05, 0) is 64.2 Å². The van der Waals surface area contributed by atoms with E-state index in [1.165, 1.54) is 51.4 Å². The summed E-state index contributed by atoms with van der Waals surface area (Å²) < 4.78 is 0. The van der Waals surface area contributed by atoms with Crippen LogP contribution in [0.5, 0.6) is 0 Å². The molecule has 0 aromatic carbocycles. The van der Waals surface area contributed by atoms with Gasteiger partial charge in [-0.25, -0.2) is 0 Å². The molecule has 176 valence electrons. The maximum Gasteiger partial charge on any atom is 2.00 e. The first-order chi connectivity index (χ1) is 14.5. The number of carbonyl (C=O) groups is 2. The fourth-order valence-electron chi connectivity index (χ4n) is 3.05. The number of allylic oxidation sites excluding steroid dienone is 4. The van der Waals surface area contributed by atoms with Crippen molar-refractivity contribution in [2.75, 3.05) is 0 Å². The second-order valence-corrected chi connectivity index (χ2v) is 7.82. The van der Waals surface area contributed by atoms with Crippen LogP contribution in [0.15, 0.2) is 24.3 Å². The van der Waals surface area contributed by atoms with Crippen molar-refractivity contribution in [1.82, 2.24) is 0 Å². The molecule has 0 amide bonds. The monoisotopic (exact) mass is 486 g/mol. The molecular weight excluding hydrogens is 442 g/mol. The van der Waals surface area contributed by atoms with E-state index in [-0.39, 0.29) is 32.3 Å². The van der Waals surface area contributed by atoms with Gasteiger partial charge < -0.3 is 19.8 Å². The Morgan fingerprint density at radius 3 is 1.10 bits per heavy atom. The Hall–Kier alpha value is -0.957. The standard InChI is InChI=1S/2C13H24O2.Zn/c2*1-2-3-4-5-6-7-8-9-10-11-12-13(14)15;/h2*3-4H,2,5-12H2,1H3,(H,14,15);/q;;+2/p-2. The molecule has 0 aliphatic heterocycles. The number of hydrogen-bond donors (Lipinski definition) is 0. The molecule has 0 bridgehead atoms. The number of carboxylic acids is 2. The van der Waals surface area contributed by atoms with Crippen LogP contribution in [0.3, 0.4) is 0 Å². The Morgan fingerprint density at radius 2 is 0.806 bits per heavy atom. The number of carboxylic acid groups (broad SMARTS) is 2. The quantitative estimate of drug-likeness (QED) is 0.126. The van der Waals surface area contributed by atoms with Crippen molar-refractivity contribution in [3.63, 3.8) is 0 Å². The van der Waals surface area contributed by atoms with Gasteiger partial charge in [0.1, 0.15) is 0 Å². The smallest absolute Gasteiger partial charge is 0.550 e. The van der Waals surface area contributed by atoms with E-state index in [4.69, 9.17) is 0 Å². The molecule has 4 nitrogen and oxygen atoms in total. The summed E-state index contributed by atoms with van der Waals surface area (Å²) in [6.07, 6.45) is 27.4. The predicted molar refractivity (Wildman–Crippen MR) is 123 cm³/mol. The Bertz CT molecular complexity index is 393. The van der Waals surface area contributed by atoms with E-state index in [0.29, 0.717) is 0 Å². The summed E-state index contributed by atoms with van der Waals surface area (Å²) in [5.41, 5.74) is 0. The topological polar surface area (TPSA) is 80.3 Å². The first-order valence-corrected chi connectivity index (χ1v) is 12.2. The van der Waals surface area contributed by atoms with Gasteiger partial charge in [0.25, 0.3) is 0 Å². The summed E-state index contributed by atoms with van der Waals surface area (Å²) in [5.74, 6) is -1.83. The van der Waals surface area contributed by atoms with Gasteiger partial charge in [0.15, 0.2) is 0 Å². The fourth-order valence-corrected chi connectivity index (χ4v) is 3.05. The molecule has 0 fully saturated rings. The molecule has 5 heteroatoms. The summed E-state index contributed by atoms with van der Waals surface area (Å²) in [5, 5.41) is 20.2. The number of hydrogen-bond acceptors (Lipinski definition) is 4. The second-order valence-electron chi connectivity index (χ2n) is 7.82. The molecule has 0 N–H and O–H groups in total. The average molecular weight is 488 g/mol. The van der Waals surface area contributed by atoms with Crippen LogP contribution in [-0.2, 0) is 29.1 Å². The summed E-state index contributed by atoms with van der Waals surface area (Å²) in [4.78, 5) is 20.2. The molecular formula is C26H46O4Zn. The fraction of sp³-hybridized carbons (Fsp3) is 0.769. The van der Waals surface area contributed by atoms with E-state index >= 15 is 0 Å². The number of unbranched alkanes of at least 4 members (excludes halogenated alkanes) is 12. The second kappa shape index (κ2) is 31.2. The minimum absolute atomic E-state index is 0. The Labute approximate surface area is 204 Å². The summed E-state index contributed by atoms with van der Waals surface area (Å²) >= 11 is 0. The third-order valence-electron chi connectivity index (χ3n) is 4.81. The van der Waals surface area contributed by atoms with Crippen LogP contribution in [0.25, 0.3) is 0 Å². The molecule has 0 atom stereocenters. The minimum Gasteiger partial charge on any atom is -0.550 e. The molecule has 0 rings (SSSR count). The zero-order valence-corrected chi connectivity index (χ0v) is 23.3. The third-order valence-corrected chi connectivity index (χ3v) is 4.81. The molecule has 0 radical (unpaired) electrons. The summed E-state index contributed by atoms with van der Waals surface area (Å²) in [6, 6.07) is 0. The Kier molecular flexibility index (Phi) is 34.9. The third kappa shape index (κ3) is 40.0. The van der Waals surface area contributed by atoms with E-state index in [2.05, 4.69) is 38.2 Å². The minimum atomic E-state index is -0.917. The Balaban J connectivity index is -0.000000490. The van der Waals surface area contributed by atoms with Crippen LogP contribution in [0.4, 0.5) is 0 Å². The van der Waals surface area contributed by atoms with Gasteiger partial charge in [-0.15, -0.1) is 0 Å². The predicted octanol–water partition coefficient (Wildman–Crippen LogP) is 5.64. The van der Waals surface area contributed by atoms with Crippen LogP contribution in [0, 0.1) is 0 Å². The molecule has 0 spiro atoms. The molecule has 0 unspecified atom stereocenters. The van der Waals surface area contributed by atoms with Gasteiger partial charge in [0.05, 0.1) is 0 Å². The molecule has 0 aromatic heterocycles. The maximum absolute atomic E-state index is 10.1. The van der Waals surface area contributed by atoms with Gasteiger partial charge in [-0.2, -0.15) is 0 Å². The van der Waals surface area contributed by atoms with E-state index in [0.717, 1.165) is 51.4 Å². The first-order valence-electron chi connectivity index (χ1n) is 12.2. The van der Waals surface area contributed by atoms with Crippen molar-refractivity contribution in [1.29, 1.82) is 0 Å². The van der Waals surface area contributed by atoms with Crippen molar-refractivity contribution < 1.29 is 39.3 Å². The maximum atomic E-state index is 10.1. The summed E-state index contributed by atoms with van der Waals surface area (Å²) in [6.45, 7) is 4.29. The van der Waals surface area contributed by atoms with Crippen LogP contribution in [-0.4, -0.2) is 11.9 Å². The van der Waals surface area contributed by atoms with Crippen molar-refractivity contribution >= 4 is 11.9 Å². The van der Waals surface area contributed by atoms with Gasteiger partial charge in [-0.1, -0.05) is 89.5 Å². The molecule has 0 saturated heterocycles. The van der Waals surface area contributed by atoms with Crippen LogP contribution in [0.1, 0.15) is 129 Å². The summed E-state index contributed by atoms with van der Waals surface area (Å²) in [7, 11) is 0. The SMILES string of the molecule is CCC=CCCCCCCCCC(=O)[O-].CCC=CCCCCCCCCC(=O)[O-].[Zn+2]. The van der Waals surface area contributed by atoms with Gasteiger partial charge >= 0.3 is 19.5 Å². The number of aliphatic carboxylic acids is 2. The van der Waals surface area contributed by atoms with Gasteiger partial charge in [0.2, 0.25) is 0 Å². The van der Waals surface area contributed by atoms with E-state index in [9.17, 15) is 19.8 Å². The number of carbonyl (C=O) groups excluding carboxylic acids is 2. The Morgan fingerprint density at radius 1 is 0.516 bits per heavy atom. The molecule has 0 heterocycles. The van der Waals surface area contributed by atoms with Crippen LogP contribution < -0.4 is 10.2 Å².